The molecule has 0 aliphatic carbocycles. The van der Waals surface area contributed by atoms with Gasteiger partial charge in [0.05, 0.1) is 18.3 Å². The maximum absolute atomic E-state index is 12.0. The third-order valence-corrected chi connectivity index (χ3v) is 3.35. The van der Waals surface area contributed by atoms with Crippen LogP contribution in [0.5, 0.6) is 0 Å². The Morgan fingerprint density at radius 1 is 1.55 bits per heavy atom. The number of carboxylic acids is 1. The number of β-amino-alcohol motifs (C(OH)–C–C–N with tert-alkyl or cyclic N) is 1. The lowest BCUT2D eigenvalue weighted by Gasteiger charge is -2.21. The minimum absolute atomic E-state index is 0.0317. The van der Waals surface area contributed by atoms with E-state index in [1.165, 1.54) is 0 Å². The van der Waals surface area contributed by atoms with E-state index >= 15 is 0 Å². The van der Waals surface area contributed by atoms with Crippen molar-refractivity contribution in [1.29, 1.82) is 0 Å². The van der Waals surface area contributed by atoms with Crippen molar-refractivity contribution in [1.82, 2.24) is 15.2 Å². The van der Waals surface area contributed by atoms with Crippen molar-refractivity contribution in [3.63, 3.8) is 0 Å². The number of likely N-dealkylation sites (tertiary alicyclic amines) is 1. The number of hydrogen-bond acceptors (Lipinski definition) is 4. The van der Waals surface area contributed by atoms with Crippen molar-refractivity contribution in [2.45, 2.75) is 32.0 Å². The summed E-state index contributed by atoms with van der Waals surface area (Å²) in [5.41, 5.74) is 1.68. The summed E-state index contributed by atoms with van der Waals surface area (Å²) in [5.74, 6) is -1.11. The van der Waals surface area contributed by atoms with Crippen LogP contribution in [-0.2, 0) is 11.3 Å². The molecule has 1 aromatic rings. The summed E-state index contributed by atoms with van der Waals surface area (Å²) in [4.78, 5) is 28.3. The van der Waals surface area contributed by atoms with Crippen LogP contribution in [-0.4, -0.2) is 50.8 Å². The molecule has 7 heteroatoms. The number of carboxylic acid groups (broad SMARTS) is 1. The number of rotatable bonds is 3. The number of aryl methyl sites for hydroxylation is 1. The van der Waals surface area contributed by atoms with Crippen molar-refractivity contribution < 1.29 is 19.8 Å². The number of aliphatic hydroxyl groups is 1. The van der Waals surface area contributed by atoms with E-state index in [4.69, 9.17) is 5.11 Å². The zero-order chi connectivity index (χ0) is 14.7. The van der Waals surface area contributed by atoms with Gasteiger partial charge >= 0.3 is 12.0 Å². The van der Waals surface area contributed by atoms with Gasteiger partial charge in [-0.2, -0.15) is 0 Å². The molecule has 2 amide bonds. The SMILES string of the molecule is Cc1cccnc1CNC(=O)N1CC(O)C[C@H]1C(=O)O. The smallest absolute Gasteiger partial charge is 0.326 e. The third-order valence-electron chi connectivity index (χ3n) is 3.35. The average Bonchev–Trinajstić information content (AvgIpc) is 2.80. The molecule has 0 bridgehead atoms. The maximum atomic E-state index is 12.0. The summed E-state index contributed by atoms with van der Waals surface area (Å²) in [5, 5.41) is 21.2. The van der Waals surface area contributed by atoms with Crippen molar-refractivity contribution in [3.05, 3.63) is 29.6 Å². The van der Waals surface area contributed by atoms with E-state index in [-0.39, 0.29) is 19.5 Å². The largest absolute Gasteiger partial charge is 0.480 e. The lowest BCUT2D eigenvalue weighted by molar-refractivity contribution is -0.141. The number of aromatic nitrogens is 1. The monoisotopic (exact) mass is 279 g/mol. The number of pyridine rings is 1. The molecule has 0 aromatic carbocycles. The number of urea groups is 1. The van der Waals surface area contributed by atoms with E-state index in [0.717, 1.165) is 16.2 Å². The molecule has 0 saturated carbocycles. The van der Waals surface area contributed by atoms with Gasteiger partial charge in [0.15, 0.2) is 0 Å². The van der Waals surface area contributed by atoms with Crippen molar-refractivity contribution in [2.75, 3.05) is 6.54 Å². The number of nitrogens with one attached hydrogen (secondary N) is 1. The highest BCUT2D eigenvalue weighted by Gasteiger charge is 2.38. The number of aliphatic hydroxyl groups excluding tert-OH is 1. The van der Waals surface area contributed by atoms with E-state index in [1.807, 2.05) is 13.0 Å². The molecule has 1 aromatic heterocycles. The van der Waals surface area contributed by atoms with Gasteiger partial charge in [0, 0.05) is 19.2 Å². The number of nitrogens with zero attached hydrogens (tertiary/aromatic N) is 2. The first kappa shape index (κ1) is 14.3. The highest BCUT2D eigenvalue weighted by Crippen LogP contribution is 2.18. The Balaban J connectivity index is 1.98. The van der Waals surface area contributed by atoms with Crippen LogP contribution in [0.15, 0.2) is 18.3 Å². The quantitative estimate of drug-likeness (QED) is 0.729. The van der Waals surface area contributed by atoms with E-state index in [1.54, 1.807) is 12.3 Å². The minimum atomic E-state index is -1.11. The summed E-state index contributed by atoms with van der Waals surface area (Å²) in [6.07, 6.45) is 0.901. The second kappa shape index (κ2) is 5.87. The first-order chi connectivity index (χ1) is 9.49. The third kappa shape index (κ3) is 3.05. The molecule has 0 radical (unpaired) electrons. The van der Waals surface area contributed by atoms with Gasteiger partial charge < -0.3 is 20.4 Å². The van der Waals surface area contributed by atoms with Crippen LogP contribution in [0.4, 0.5) is 4.79 Å². The van der Waals surface area contributed by atoms with Crippen LogP contribution in [0.1, 0.15) is 17.7 Å². The molecule has 2 rings (SSSR count). The molecule has 7 nitrogen and oxygen atoms in total. The lowest BCUT2D eigenvalue weighted by atomic mass is 10.2. The van der Waals surface area contributed by atoms with E-state index < -0.39 is 24.1 Å². The van der Waals surface area contributed by atoms with Crippen LogP contribution in [0, 0.1) is 6.92 Å². The molecule has 1 fully saturated rings. The summed E-state index contributed by atoms with van der Waals surface area (Å²) >= 11 is 0. The van der Waals surface area contributed by atoms with E-state index in [0.29, 0.717) is 0 Å². The number of carbonyl (C=O) groups excluding carboxylic acids is 1. The Morgan fingerprint density at radius 2 is 2.30 bits per heavy atom. The first-order valence-corrected chi connectivity index (χ1v) is 6.35. The fourth-order valence-corrected chi connectivity index (χ4v) is 2.24. The topological polar surface area (TPSA) is 103 Å². The Morgan fingerprint density at radius 3 is 2.95 bits per heavy atom. The fourth-order valence-electron chi connectivity index (χ4n) is 2.24. The number of hydrogen-bond donors (Lipinski definition) is 3. The number of amides is 2. The normalized spacial score (nSPS) is 21.8. The Bertz CT molecular complexity index is 520. The van der Waals surface area contributed by atoms with Crippen LogP contribution >= 0.6 is 0 Å². The Kier molecular flexibility index (Phi) is 4.19. The van der Waals surface area contributed by atoms with Gasteiger partial charge in [-0.25, -0.2) is 9.59 Å². The van der Waals surface area contributed by atoms with E-state index in [9.17, 15) is 14.7 Å². The molecule has 1 unspecified atom stereocenters. The zero-order valence-corrected chi connectivity index (χ0v) is 11.1. The molecule has 1 aliphatic heterocycles. The second-order valence-electron chi connectivity index (χ2n) is 4.82. The Hall–Kier alpha value is -2.15. The molecule has 1 saturated heterocycles. The van der Waals surface area contributed by atoms with Crippen LogP contribution in [0.3, 0.4) is 0 Å². The van der Waals surface area contributed by atoms with Gasteiger partial charge in [-0.15, -0.1) is 0 Å². The van der Waals surface area contributed by atoms with Gasteiger partial charge in [0.2, 0.25) is 0 Å². The second-order valence-corrected chi connectivity index (χ2v) is 4.82. The molecular weight excluding hydrogens is 262 g/mol. The average molecular weight is 279 g/mol. The summed E-state index contributed by atoms with van der Waals surface area (Å²) in [6, 6.07) is 2.21. The van der Waals surface area contributed by atoms with E-state index in [2.05, 4.69) is 10.3 Å². The van der Waals surface area contributed by atoms with Gasteiger partial charge in [-0.1, -0.05) is 6.07 Å². The molecule has 1 aliphatic rings. The summed E-state index contributed by atoms with van der Waals surface area (Å²) in [7, 11) is 0. The molecular formula is C13H17N3O4. The first-order valence-electron chi connectivity index (χ1n) is 6.35. The van der Waals surface area contributed by atoms with Crippen LogP contribution in [0.25, 0.3) is 0 Å². The highest BCUT2D eigenvalue weighted by atomic mass is 16.4. The number of aliphatic carboxylic acids is 1. The molecule has 20 heavy (non-hydrogen) atoms. The molecule has 2 heterocycles. The van der Waals surface area contributed by atoms with Crippen molar-refractivity contribution in [2.24, 2.45) is 0 Å². The highest BCUT2D eigenvalue weighted by molar-refractivity contribution is 5.83. The zero-order valence-electron chi connectivity index (χ0n) is 11.1. The van der Waals surface area contributed by atoms with Gasteiger partial charge in [0.1, 0.15) is 6.04 Å². The fraction of sp³-hybridized carbons (Fsp3) is 0.462. The summed E-state index contributed by atoms with van der Waals surface area (Å²) in [6.45, 7) is 2.14. The van der Waals surface area contributed by atoms with Crippen molar-refractivity contribution in [3.8, 4) is 0 Å². The van der Waals surface area contributed by atoms with Crippen LogP contribution in [0.2, 0.25) is 0 Å². The molecule has 0 spiro atoms. The number of carbonyl (C=O) groups is 2. The molecule has 2 atom stereocenters. The molecule has 108 valence electrons. The lowest BCUT2D eigenvalue weighted by Crippen LogP contribution is -2.46. The minimum Gasteiger partial charge on any atom is -0.480 e. The predicted octanol–water partition coefficient (Wildman–Crippen LogP) is 0.119. The van der Waals surface area contributed by atoms with Gasteiger partial charge in [-0.05, 0) is 18.6 Å². The van der Waals surface area contributed by atoms with Crippen molar-refractivity contribution >= 4 is 12.0 Å². The summed E-state index contributed by atoms with van der Waals surface area (Å²) < 4.78 is 0. The predicted molar refractivity (Wildman–Crippen MR) is 70.0 cm³/mol. The van der Waals surface area contributed by atoms with Gasteiger partial charge in [0.25, 0.3) is 0 Å². The van der Waals surface area contributed by atoms with Crippen LogP contribution < -0.4 is 5.32 Å². The standard InChI is InChI=1S/C13H17N3O4/c1-8-3-2-4-14-10(8)6-15-13(20)16-7-9(17)5-11(16)12(18)19/h2-4,9,11,17H,5-7H2,1H3,(H,15,20)(H,18,19)/t9?,11-/m0/s1. The molecule has 3 N–H and O–H groups in total. The maximum Gasteiger partial charge on any atom is 0.326 e. The Labute approximate surface area is 116 Å². The van der Waals surface area contributed by atoms with Gasteiger partial charge in [-0.3, -0.25) is 4.98 Å².